The van der Waals surface area contributed by atoms with Crippen molar-refractivity contribution in [1.29, 1.82) is 0 Å². The summed E-state index contributed by atoms with van der Waals surface area (Å²) < 4.78 is 11.3. The molecular formula is C16H23NO3. The van der Waals surface area contributed by atoms with Gasteiger partial charge in [-0.15, -0.1) is 0 Å². The number of hydrogen-bond acceptors (Lipinski definition) is 4. The number of carbonyl (C=O) groups is 1. The van der Waals surface area contributed by atoms with Crippen molar-refractivity contribution in [3.05, 3.63) is 29.8 Å². The van der Waals surface area contributed by atoms with E-state index < -0.39 is 0 Å². The van der Waals surface area contributed by atoms with Gasteiger partial charge in [-0.1, -0.05) is 19.1 Å². The fourth-order valence-electron chi connectivity index (χ4n) is 2.58. The molecule has 0 radical (unpaired) electrons. The van der Waals surface area contributed by atoms with Gasteiger partial charge in [-0.05, 0) is 30.5 Å². The minimum Gasteiger partial charge on any atom is -0.486 e. The Hall–Kier alpha value is -1.39. The number of Topliss-reactive ketones (excluding diaryl/α,β-unsaturated/α-hetero) is 1. The van der Waals surface area contributed by atoms with Crippen LogP contribution in [0.5, 0.6) is 5.75 Å². The molecule has 1 unspecified atom stereocenters. The number of methoxy groups -OCH3 is 1. The molecule has 0 spiro atoms. The normalized spacial score (nSPS) is 23.6. The van der Waals surface area contributed by atoms with Crippen molar-refractivity contribution in [3.63, 3.8) is 0 Å². The van der Waals surface area contributed by atoms with Gasteiger partial charge in [0.1, 0.15) is 23.7 Å². The monoisotopic (exact) mass is 277 g/mol. The molecule has 3 atom stereocenters. The molecule has 20 heavy (non-hydrogen) atoms. The summed E-state index contributed by atoms with van der Waals surface area (Å²) in [5.74, 6) is 1.32. The summed E-state index contributed by atoms with van der Waals surface area (Å²) in [7, 11) is 1.71. The number of benzene rings is 1. The second-order valence-corrected chi connectivity index (χ2v) is 5.46. The highest BCUT2D eigenvalue weighted by atomic mass is 16.5. The molecule has 1 aliphatic heterocycles. The zero-order valence-corrected chi connectivity index (χ0v) is 12.4. The first-order chi connectivity index (χ1) is 9.60. The summed E-state index contributed by atoms with van der Waals surface area (Å²) in [6, 6.07) is 8.01. The van der Waals surface area contributed by atoms with Gasteiger partial charge in [0.05, 0.1) is 0 Å². The average molecular weight is 277 g/mol. The minimum atomic E-state index is 0.0560. The quantitative estimate of drug-likeness (QED) is 0.865. The highest BCUT2D eigenvalue weighted by molar-refractivity contribution is 5.76. The van der Waals surface area contributed by atoms with E-state index in [1.807, 2.05) is 24.3 Å². The van der Waals surface area contributed by atoms with Crippen LogP contribution in [0.3, 0.4) is 0 Å². The largest absolute Gasteiger partial charge is 0.486 e. The van der Waals surface area contributed by atoms with E-state index >= 15 is 0 Å². The van der Waals surface area contributed by atoms with Gasteiger partial charge in [-0.2, -0.15) is 0 Å². The van der Waals surface area contributed by atoms with Gasteiger partial charge < -0.3 is 19.6 Å². The zero-order valence-electron chi connectivity index (χ0n) is 12.4. The summed E-state index contributed by atoms with van der Waals surface area (Å²) >= 11 is 0. The first-order valence-corrected chi connectivity index (χ1v) is 7.09. The smallest absolute Gasteiger partial charge is 0.138 e. The Kier molecular flexibility index (Phi) is 5.15. The van der Waals surface area contributed by atoms with Crippen molar-refractivity contribution in [3.8, 4) is 5.75 Å². The third kappa shape index (κ3) is 3.81. The van der Waals surface area contributed by atoms with E-state index in [1.165, 1.54) is 5.56 Å². The molecule has 110 valence electrons. The molecule has 1 heterocycles. The third-order valence-electron chi connectivity index (χ3n) is 3.74. The number of ether oxygens (including phenoxy) is 2. The lowest BCUT2D eigenvalue weighted by Crippen LogP contribution is -2.31. The molecule has 0 amide bonds. The number of hydrogen-bond donors (Lipinski definition) is 1. The average Bonchev–Trinajstić information content (AvgIpc) is 2.86. The van der Waals surface area contributed by atoms with Gasteiger partial charge in [0.25, 0.3) is 0 Å². The SMILES string of the molecule is CO[C@@H]1CNCC1Oc1ccc([C@H](C)CC(C)=O)cc1. The Morgan fingerprint density at radius 2 is 1.95 bits per heavy atom. The fraction of sp³-hybridized carbons (Fsp3) is 0.562. The second-order valence-electron chi connectivity index (χ2n) is 5.46. The van der Waals surface area contributed by atoms with Gasteiger partial charge in [0.2, 0.25) is 0 Å². The van der Waals surface area contributed by atoms with Gasteiger partial charge in [-0.3, -0.25) is 0 Å². The molecule has 1 saturated heterocycles. The standard InChI is InChI=1S/C16H23NO3/c1-11(8-12(2)18)13-4-6-14(7-5-13)20-16-10-17-9-15(16)19-3/h4-7,11,15-17H,8-10H2,1-3H3/t11-,15-,16?/m1/s1. The summed E-state index contributed by atoms with van der Waals surface area (Å²) in [6.45, 7) is 5.33. The maximum absolute atomic E-state index is 11.1. The van der Waals surface area contributed by atoms with Crippen molar-refractivity contribution in [2.24, 2.45) is 0 Å². The Balaban J connectivity index is 1.96. The minimum absolute atomic E-state index is 0.0560. The molecule has 4 nitrogen and oxygen atoms in total. The van der Waals surface area contributed by atoms with Crippen LogP contribution in [0.15, 0.2) is 24.3 Å². The molecule has 1 aromatic rings. The second kappa shape index (κ2) is 6.86. The van der Waals surface area contributed by atoms with Crippen LogP contribution in [-0.4, -0.2) is 38.2 Å². The number of nitrogens with one attached hydrogen (secondary N) is 1. The van der Waals surface area contributed by atoms with Crippen molar-refractivity contribution < 1.29 is 14.3 Å². The van der Waals surface area contributed by atoms with Gasteiger partial charge in [-0.25, -0.2) is 0 Å². The summed E-state index contributed by atoms with van der Waals surface area (Å²) in [5, 5.41) is 3.26. The van der Waals surface area contributed by atoms with E-state index in [2.05, 4.69) is 12.2 Å². The van der Waals surface area contributed by atoms with Crippen LogP contribution < -0.4 is 10.1 Å². The fourth-order valence-corrected chi connectivity index (χ4v) is 2.58. The van der Waals surface area contributed by atoms with E-state index in [1.54, 1.807) is 14.0 Å². The molecule has 0 aliphatic carbocycles. The molecule has 1 fully saturated rings. The highest BCUT2D eigenvalue weighted by Gasteiger charge is 2.28. The lowest BCUT2D eigenvalue weighted by Gasteiger charge is -2.19. The third-order valence-corrected chi connectivity index (χ3v) is 3.74. The Morgan fingerprint density at radius 1 is 1.30 bits per heavy atom. The predicted molar refractivity (Wildman–Crippen MR) is 78.2 cm³/mol. The molecule has 0 bridgehead atoms. The van der Waals surface area contributed by atoms with Crippen molar-refractivity contribution in [1.82, 2.24) is 5.32 Å². The van der Waals surface area contributed by atoms with Crippen LogP contribution in [0.1, 0.15) is 31.7 Å². The molecule has 0 aromatic heterocycles. The highest BCUT2D eigenvalue weighted by Crippen LogP contribution is 2.23. The zero-order chi connectivity index (χ0) is 14.5. The predicted octanol–water partition coefficient (Wildman–Crippen LogP) is 2.13. The van der Waals surface area contributed by atoms with Crippen LogP contribution in [0.2, 0.25) is 0 Å². The van der Waals surface area contributed by atoms with Crippen molar-refractivity contribution in [2.75, 3.05) is 20.2 Å². The lowest BCUT2D eigenvalue weighted by atomic mass is 9.96. The van der Waals surface area contributed by atoms with E-state index in [4.69, 9.17) is 9.47 Å². The first-order valence-electron chi connectivity index (χ1n) is 7.09. The number of carbonyl (C=O) groups excluding carboxylic acids is 1. The molecule has 4 heteroatoms. The maximum atomic E-state index is 11.1. The van der Waals surface area contributed by atoms with Crippen LogP contribution in [0.4, 0.5) is 0 Å². The van der Waals surface area contributed by atoms with Gasteiger partial charge >= 0.3 is 0 Å². The Morgan fingerprint density at radius 3 is 2.55 bits per heavy atom. The Labute approximate surface area is 120 Å². The van der Waals surface area contributed by atoms with Gasteiger partial charge in [0.15, 0.2) is 0 Å². The first kappa shape index (κ1) is 15.0. The molecule has 1 N–H and O–H groups in total. The van der Waals surface area contributed by atoms with Crippen molar-refractivity contribution in [2.45, 2.75) is 38.4 Å². The molecule has 2 rings (SSSR count). The summed E-state index contributed by atoms with van der Waals surface area (Å²) in [5.41, 5.74) is 1.17. The van der Waals surface area contributed by atoms with Crippen LogP contribution in [0, 0.1) is 0 Å². The molecule has 0 saturated carbocycles. The van der Waals surface area contributed by atoms with E-state index in [0.717, 1.165) is 18.8 Å². The van der Waals surface area contributed by atoms with Crippen LogP contribution >= 0.6 is 0 Å². The van der Waals surface area contributed by atoms with Crippen LogP contribution in [0.25, 0.3) is 0 Å². The molecule has 1 aliphatic rings. The molecular weight excluding hydrogens is 254 g/mol. The van der Waals surface area contributed by atoms with E-state index in [-0.39, 0.29) is 23.9 Å². The van der Waals surface area contributed by atoms with E-state index in [0.29, 0.717) is 6.42 Å². The lowest BCUT2D eigenvalue weighted by molar-refractivity contribution is -0.117. The topological polar surface area (TPSA) is 47.6 Å². The number of ketones is 1. The van der Waals surface area contributed by atoms with E-state index in [9.17, 15) is 4.79 Å². The van der Waals surface area contributed by atoms with Crippen molar-refractivity contribution >= 4 is 5.78 Å². The Bertz CT molecular complexity index is 444. The summed E-state index contributed by atoms with van der Waals surface area (Å²) in [6.07, 6.45) is 0.741. The van der Waals surface area contributed by atoms with Crippen LogP contribution in [-0.2, 0) is 9.53 Å². The number of rotatable bonds is 6. The van der Waals surface area contributed by atoms with Gasteiger partial charge in [0, 0.05) is 26.6 Å². The maximum Gasteiger partial charge on any atom is 0.138 e. The molecule has 1 aromatic carbocycles. The summed E-state index contributed by atoms with van der Waals surface area (Å²) in [4.78, 5) is 11.1.